The van der Waals surface area contributed by atoms with Gasteiger partial charge in [0, 0.05) is 12.2 Å². The summed E-state index contributed by atoms with van der Waals surface area (Å²) in [6.07, 6.45) is 0. The zero-order valence-corrected chi connectivity index (χ0v) is 10.0. The van der Waals surface area contributed by atoms with Gasteiger partial charge in [0.1, 0.15) is 4.47 Å². The maximum absolute atomic E-state index is 11.6. The first-order chi connectivity index (χ1) is 6.43. The topological polar surface area (TPSA) is 54.9 Å². The Kier molecular flexibility index (Phi) is 3.31. The zero-order chi connectivity index (χ0) is 10.9. The number of aromatic nitrogens is 2. The number of hydrogen-bond acceptors (Lipinski definition) is 2. The molecule has 5 heteroatoms. The number of aryl methyl sites for hydroxylation is 1. The third-order valence-electron chi connectivity index (χ3n) is 1.85. The molecule has 1 heterocycles. The average molecular weight is 261 g/mol. The highest BCUT2D eigenvalue weighted by Gasteiger charge is 2.09. The molecule has 1 aromatic heterocycles. The summed E-state index contributed by atoms with van der Waals surface area (Å²) in [6, 6.07) is 0. The van der Waals surface area contributed by atoms with Gasteiger partial charge in [0.25, 0.3) is 5.56 Å². The molecule has 0 saturated heterocycles. The van der Waals surface area contributed by atoms with Crippen LogP contribution >= 0.6 is 15.9 Å². The van der Waals surface area contributed by atoms with Crippen molar-refractivity contribution in [1.82, 2.24) is 9.55 Å². The highest BCUT2D eigenvalue weighted by Crippen LogP contribution is 2.05. The van der Waals surface area contributed by atoms with Crippen LogP contribution in [0.2, 0.25) is 0 Å². The molecule has 0 fully saturated rings. The summed E-state index contributed by atoms with van der Waals surface area (Å²) in [6.45, 7) is 6.04. The van der Waals surface area contributed by atoms with Gasteiger partial charge in [0.2, 0.25) is 0 Å². The molecule has 4 nitrogen and oxygen atoms in total. The standard InChI is InChI=1S/C9H13BrN2O2/c1-5(2)4-12-8(13)7(10)6(3)11-9(12)14/h5H,4H2,1-3H3,(H,11,14). The van der Waals surface area contributed by atoms with E-state index in [1.54, 1.807) is 6.92 Å². The molecule has 78 valence electrons. The van der Waals surface area contributed by atoms with E-state index < -0.39 is 0 Å². The smallest absolute Gasteiger partial charge is 0.310 e. The van der Waals surface area contributed by atoms with Crippen LogP contribution in [0, 0.1) is 12.8 Å². The average Bonchev–Trinajstić information content (AvgIpc) is 2.09. The van der Waals surface area contributed by atoms with Crippen molar-refractivity contribution in [3.05, 3.63) is 31.0 Å². The minimum absolute atomic E-state index is 0.264. The molecule has 1 rings (SSSR count). The number of hydrogen-bond donors (Lipinski definition) is 1. The van der Waals surface area contributed by atoms with Gasteiger partial charge in [-0.25, -0.2) is 4.79 Å². The van der Waals surface area contributed by atoms with Gasteiger partial charge >= 0.3 is 5.69 Å². The van der Waals surface area contributed by atoms with Crippen LogP contribution in [0.5, 0.6) is 0 Å². The molecule has 0 spiro atoms. The summed E-state index contributed by atoms with van der Waals surface area (Å²) in [5, 5.41) is 0. The molecule has 0 amide bonds. The van der Waals surface area contributed by atoms with E-state index in [1.165, 1.54) is 4.57 Å². The number of nitrogens with one attached hydrogen (secondary N) is 1. The van der Waals surface area contributed by atoms with E-state index in [0.717, 1.165) is 0 Å². The first-order valence-corrected chi connectivity index (χ1v) is 5.22. The maximum Gasteiger partial charge on any atom is 0.328 e. The summed E-state index contributed by atoms with van der Waals surface area (Å²) >= 11 is 3.15. The summed E-state index contributed by atoms with van der Waals surface area (Å²) in [7, 11) is 0. The predicted molar refractivity (Wildman–Crippen MR) is 58.6 cm³/mol. The Morgan fingerprint density at radius 3 is 2.50 bits per heavy atom. The Hall–Kier alpha value is -0.840. The van der Waals surface area contributed by atoms with E-state index in [9.17, 15) is 9.59 Å². The summed E-state index contributed by atoms with van der Waals surface area (Å²) in [4.78, 5) is 25.7. The van der Waals surface area contributed by atoms with Crippen LogP contribution in [0.25, 0.3) is 0 Å². The van der Waals surface area contributed by atoms with Crippen molar-refractivity contribution in [2.24, 2.45) is 5.92 Å². The number of H-pyrrole nitrogens is 1. The second kappa shape index (κ2) is 4.13. The van der Waals surface area contributed by atoms with Crippen LogP contribution in [0.1, 0.15) is 19.5 Å². The molecule has 0 saturated carbocycles. The fourth-order valence-electron chi connectivity index (χ4n) is 1.18. The Bertz CT molecular complexity index is 445. The molecule has 0 aliphatic heterocycles. The lowest BCUT2D eigenvalue weighted by atomic mass is 10.2. The Morgan fingerprint density at radius 2 is 2.00 bits per heavy atom. The van der Waals surface area contributed by atoms with Gasteiger partial charge in [-0.1, -0.05) is 13.8 Å². The van der Waals surface area contributed by atoms with Gasteiger partial charge in [0.15, 0.2) is 0 Å². The fourth-order valence-corrected chi connectivity index (χ4v) is 1.50. The van der Waals surface area contributed by atoms with Crippen molar-refractivity contribution in [2.45, 2.75) is 27.3 Å². The van der Waals surface area contributed by atoms with Gasteiger partial charge in [0.05, 0.1) is 0 Å². The Morgan fingerprint density at radius 1 is 1.43 bits per heavy atom. The van der Waals surface area contributed by atoms with Crippen LogP contribution < -0.4 is 11.2 Å². The summed E-state index contributed by atoms with van der Waals surface area (Å²) in [5.74, 6) is 0.267. The minimum Gasteiger partial charge on any atom is -0.310 e. The predicted octanol–water partition coefficient (Wildman–Crippen LogP) is 1.26. The van der Waals surface area contributed by atoms with Gasteiger partial charge in [-0.2, -0.15) is 0 Å². The van der Waals surface area contributed by atoms with Crippen molar-refractivity contribution >= 4 is 15.9 Å². The summed E-state index contributed by atoms with van der Waals surface area (Å²) < 4.78 is 1.64. The summed E-state index contributed by atoms with van der Waals surface area (Å²) in [5.41, 5.74) is -0.0376. The largest absolute Gasteiger partial charge is 0.328 e. The molecule has 0 atom stereocenters. The van der Waals surface area contributed by atoms with Gasteiger partial charge in [-0.3, -0.25) is 9.36 Å². The van der Waals surface area contributed by atoms with E-state index in [1.807, 2.05) is 13.8 Å². The van der Waals surface area contributed by atoms with E-state index >= 15 is 0 Å². The van der Waals surface area contributed by atoms with Gasteiger partial charge < -0.3 is 4.98 Å². The van der Waals surface area contributed by atoms with Gasteiger partial charge in [-0.05, 0) is 28.8 Å². The number of halogens is 1. The van der Waals surface area contributed by atoms with Crippen molar-refractivity contribution in [3.8, 4) is 0 Å². The van der Waals surface area contributed by atoms with Crippen LogP contribution in [-0.2, 0) is 6.54 Å². The van der Waals surface area contributed by atoms with Gasteiger partial charge in [-0.15, -0.1) is 0 Å². The molecule has 0 aliphatic rings. The second-order valence-electron chi connectivity index (χ2n) is 3.68. The molecule has 1 N–H and O–H groups in total. The normalized spacial score (nSPS) is 10.9. The van der Waals surface area contributed by atoms with Crippen LogP contribution in [0.3, 0.4) is 0 Å². The molecule has 0 aromatic carbocycles. The lowest BCUT2D eigenvalue weighted by molar-refractivity contribution is 0.489. The molecule has 0 bridgehead atoms. The lowest BCUT2D eigenvalue weighted by Crippen LogP contribution is -2.37. The third-order valence-corrected chi connectivity index (χ3v) is 2.78. The highest BCUT2D eigenvalue weighted by atomic mass is 79.9. The van der Waals surface area contributed by atoms with E-state index in [2.05, 4.69) is 20.9 Å². The molecular formula is C9H13BrN2O2. The number of rotatable bonds is 2. The van der Waals surface area contributed by atoms with Crippen molar-refractivity contribution in [3.63, 3.8) is 0 Å². The monoisotopic (exact) mass is 260 g/mol. The number of nitrogens with zero attached hydrogens (tertiary/aromatic N) is 1. The second-order valence-corrected chi connectivity index (χ2v) is 4.47. The van der Waals surface area contributed by atoms with Crippen LogP contribution in [0.4, 0.5) is 0 Å². The maximum atomic E-state index is 11.6. The highest BCUT2D eigenvalue weighted by molar-refractivity contribution is 9.10. The zero-order valence-electron chi connectivity index (χ0n) is 8.43. The molecule has 0 radical (unpaired) electrons. The van der Waals surface area contributed by atoms with Crippen molar-refractivity contribution < 1.29 is 0 Å². The Labute approximate surface area is 90.1 Å². The minimum atomic E-state index is -0.343. The molecular weight excluding hydrogens is 248 g/mol. The van der Waals surface area contributed by atoms with Crippen molar-refractivity contribution in [2.75, 3.05) is 0 Å². The molecule has 0 aliphatic carbocycles. The molecule has 0 unspecified atom stereocenters. The fraction of sp³-hybridized carbons (Fsp3) is 0.556. The lowest BCUT2D eigenvalue weighted by Gasteiger charge is -2.08. The van der Waals surface area contributed by atoms with Crippen molar-refractivity contribution in [1.29, 1.82) is 0 Å². The SMILES string of the molecule is Cc1[nH]c(=O)n(CC(C)C)c(=O)c1Br. The van der Waals surface area contributed by atoms with Crippen LogP contribution in [0.15, 0.2) is 14.1 Å². The quantitative estimate of drug-likeness (QED) is 0.871. The first kappa shape index (κ1) is 11.2. The van der Waals surface area contributed by atoms with E-state index in [0.29, 0.717) is 16.7 Å². The van der Waals surface area contributed by atoms with Crippen LogP contribution in [-0.4, -0.2) is 9.55 Å². The number of aromatic amines is 1. The van der Waals surface area contributed by atoms with E-state index in [-0.39, 0.29) is 17.2 Å². The molecule has 1 aromatic rings. The Balaban J connectivity index is 3.38. The first-order valence-electron chi connectivity index (χ1n) is 4.42. The molecule has 14 heavy (non-hydrogen) atoms. The van der Waals surface area contributed by atoms with E-state index in [4.69, 9.17) is 0 Å². The third kappa shape index (κ3) is 2.15.